The second-order valence-electron chi connectivity index (χ2n) is 4.48. The van der Waals surface area contributed by atoms with Crippen molar-refractivity contribution in [3.8, 4) is 6.07 Å². The van der Waals surface area contributed by atoms with Gasteiger partial charge in [0.25, 0.3) is 5.91 Å². The van der Waals surface area contributed by atoms with Crippen LogP contribution in [0.25, 0.3) is 0 Å². The topological polar surface area (TPSA) is 79.2 Å². The van der Waals surface area contributed by atoms with Crippen LogP contribution in [0.5, 0.6) is 0 Å². The molecule has 0 aliphatic carbocycles. The molecule has 0 aliphatic rings. The Kier molecular flexibility index (Phi) is 5.48. The van der Waals surface area contributed by atoms with Crippen molar-refractivity contribution in [1.82, 2.24) is 0 Å². The summed E-state index contributed by atoms with van der Waals surface area (Å²) in [5, 5.41) is 11.4. The van der Waals surface area contributed by atoms with Crippen molar-refractivity contribution in [3.63, 3.8) is 0 Å². The first-order valence-electron chi connectivity index (χ1n) is 6.09. The van der Waals surface area contributed by atoms with Crippen molar-refractivity contribution in [3.05, 3.63) is 41.5 Å². The Morgan fingerprint density at radius 3 is 2.70 bits per heavy atom. The highest BCUT2D eigenvalue weighted by molar-refractivity contribution is 5.96. The van der Waals surface area contributed by atoms with Gasteiger partial charge in [-0.15, -0.1) is 0 Å². The largest absolute Gasteiger partial charge is 0.449 e. The molecule has 0 radical (unpaired) electrons. The number of nitrogens with one attached hydrogen (secondary N) is 1. The number of nitriles is 1. The maximum atomic E-state index is 11.8. The van der Waals surface area contributed by atoms with Gasteiger partial charge in [0.15, 0.2) is 6.10 Å². The van der Waals surface area contributed by atoms with Gasteiger partial charge in [-0.05, 0) is 39.0 Å². The lowest BCUT2D eigenvalue weighted by atomic mass is 10.2. The molecule has 0 bridgehead atoms. The molecule has 0 spiro atoms. The SMILES string of the molecule is CC(C)=CC(=O)O[C@H](C)C(=O)Nc1cccc(C#N)c1. The lowest BCUT2D eigenvalue weighted by Gasteiger charge is -2.12. The fourth-order valence-electron chi connectivity index (χ4n) is 1.41. The fourth-order valence-corrected chi connectivity index (χ4v) is 1.41. The molecule has 0 aromatic heterocycles. The van der Waals surface area contributed by atoms with Crippen LogP contribution in [0.15, 0.2) is 35.9 Å². The minimum absolute atomic E-state index is 0.442. The van der Waals surface area contributed by atoms with Crippen molar-refractivity contribution >= 4 is 17.6 Å². The summed E-state index contributed by atoms with van der Waals surface area (Å²) in [4.78, 5) is 23.2. The molecule has 1 N–H and O–H groups in total. The first-order valence-corrected chi connectivity index (χ1v) is 6.09. The zero-order chi connectivity index (χ0) is 15.1. The standard InChI is InChI=1S/C15H16N2O3/c1-10(2)7-14(18)20-11(3)15(19)17-13-6-4-5-12(8-13)9-16/h4-8,11H,1-3H3,(H,17,19)/t11-/m1/s1. The van der Waals surface area contributed by atoms with E-state index in [0.29, 0.717) is 11.3 Å². The summed E-state index contributed by atoms with van der Waals surface area (Å²) in [6.07, 6.45) is 0.406. The maximum Gasteiger partial charge on any atom is 0.331 e. The van der Waals surface area contributed by atoms with Crippen molar-refractivity contribution in [1.29, 1.82) is 5.26 Å². The number of allylic oxidation sites excluding steroid dienone is 1. The molecule has 0 fully saturated rings. The second kappa shape index (κ2) is 7.10. The minimum Gasteiger partial charge on any atom is -0.449 e. The highest BCUT2D eigenvalue weighted by Gasteiger charge is 2.16. The fraction of sp³-hybridized carbons (Fsp3) is 0.267. The van der Waals surface area contributed by atoms with Gasteiger partial charge in [-0.1, -0.05) is 11.6 Å². The van der Waals surface area contributed by atoms with E-state index in [0.717, 1.165) is 5.57 Å². The molecule has 0 aliphatic heterocycles. The quantitative estimate of drug-likeness (QED) is 0.674. The van der Waals surface area contributed by atoms with Crippen LogP contribution >= 0.6 is 0 Å². The van der Waals surface area contributed by atoms with Gasteiger partial charge in [-0.25, -0.2) is 4.79 Å². The molecule has 0 heterocycles. The molecule has 104 valence electrons. The van der Waals surface area contributed by atoms with E-state index in [4.69, 9.17) is 10.00 Å². The Labute approximate surface area is 117 Å². The van der Waals surface area contributed by atoms with Crippen molar-refractivity contribution in [2.24, 2.45) is 0 Å². The third-order valence-corrected chi connectivity index (χ3v) is 2.33. The molecule has 1 amide bonds. The van der Waals surface area contributed by atoms with E-state index < -0.39 is 18.0 Å². The number of rotatable bonds is 4. The predicted molar refractivity (Wildman–Crippen MR) is 74.8 cm³/mol. The number of amides is 1. The van der Waals surface area contributed by atoms with Gasteiger partial charge in [0.1, 0.15) is 0 Å². The Bertz CT molecular complexity index is 581. The molecule has 5 heteroatoms. The Hall–Kier alpha value is -2.61. The third-order valence-electron chi connectivity index (χ3n) is 2.33. The van der Waals surface area contributed by atoms with Crippen LogP contribution in [0.1, 0.15) is 26.3 Å². The van der Waals surface area contributed by atoms with Crippen LogP contribution in [0.3, 0.4) is 0 Å². The Balaban J connectivity index is 2.64. The molecule has 1 atom stereocenters. The predicted octanol–water partition coefficient (Wildman–Crippen LogP) is 2.39. The van der Waals surface area contributed by atoms with Crippen molar-refractivity contribution < 1.29 is 14.3 Å². The molecular weight excluding hydrogens is 256 g/mol. The van der Waals surface area contributed by atoms with Crippen LogP contribution < -0.4 is 5.32 Å². The highest BCUT2D eigenvalue weighted by Crippen LogP contribution is 2.10. The van der Waals surface area contributed by atoms with E-state index in [-0.39, 0.29) is 0 Å². The molecule has 1 aromatic carbocycles. The van der Waals surface area contributed by atoms with Crippen LogP contribution in [0.4, 0.5) is 5.69 Å². The van der Waals surface area contributed by atoms with Gasteiger partial charge in [0, 0.05) is 11.8 Å². The summed E-state index contributed by atoms with van der Waals surface area (Å²) in [6.45, 7) is 5.01. The molecule has 0 saturated heterocycles. The molecule has 5 nitrogen and oxygen atoms in total. The minimum atomic E-state index is -0.913. The number of hydrogen-bond acceptors (Lipinski definition) is 4. The average Bonchev–Trinajstić information content (AvgIpc) is 2.37. The number of carbonyl (C=O) groups is 2. The van der Waals surface area contributed by atoms with Crippen LogP contribution in [-0.4, -0.2) is 18.0 Å². The Morgan fingerprint density at radius 2 is 2.10 bits per heavy atom. The van der Waals surface area contributed by atoms with Crippen molar-refractivity contribution in [2.45, 2.75) is 26.9 Å². The van der Waals surface area contributed by atoms with Gasteiger partial charge in [0.05, 0.1) is 11.6 Å². The lowest BCUT2D eigenvalue weighted by Crippen LogP contribution is -2.29. The van der Waals surface area contributed by atoms with E-state index in [1.165, 1.54) is 13.0 Å². The van der Waals surface area contributed by atoms with E-state index in [9.17, 15) is 9.59 Å². The number of nitrogens with zero attached hydrogens (tertiary/aromatic N) is 1. The summed E-state index contributed by atoms with van der Waals surface area (Å²) in [6, 6.07) is 8.47. The molecule has 1 aromatic rings. The summed E-state index contributed by atoms with van der Waals surface area (Å²) in [5.74, 6) is -1.01. The molecular formula is C15H16N2O3. The number of carbonyl (C=O) groups excluding carboxylic acids is 2. The highest BCUT2D eigenvalue weighted by atomic mass is 16.5. The van der Waals surface area contributed by atoms with Gasteiger partial charge in [0.2, 0.25) is 0 Å². The number of hydrogen-bond donors (Lipinski definition) is 1. The second-order valence-corrected chi connectivity index (χ2v) is 4.48. The third kappa shape index (κ3) is 4.94. The summed E-state index contributed by atoms with van der Waals surface area (Å²) in [7, 11) is 0. The van der Waals surface area contributed by atoms with E-state index in [1.54, 1.807) is 38.1 Å². The Morgan fingerprint density at radius 1 is 1.40 bits per heavy atom. The number of esters is 1. The van der Waals surface area contributed by atoms with Crippen LogP contribution in [-0.2, 0) is 14.3 Å². The molecule has 1 rings (SSSR count). The van der Waals surface area contributed by atoms with E-state index >= 15 is 0 Å². The summed E-state index contributed by atoms with van der Waals surface area (Å²) in [5.41, 5.74) is 1.72. The number of ether oxygens (including phenoxy) is 1. The normalized spacial score (nSPS) is 10.9. The van der Waals surface area contributed by atoms with Gasteiger partial charge < -0.3 is 10.1 Å². The zero-order valence-corrected chi connectivity index (χ0v) is 11.6. The number of benzene rings is 1. The molecule has 20 heavy (non-hydrogen) atoms. The first kappa shape index (κ1) is 15.4. The van der Waals surface area contributed by atoms with Gasteiger partial charge in [-0.2, -0.15) is 5.26 Å². The van der Waals surface area contributed by atoms with Crippen molar-refractivity contribution in [2.75, 3.05) is 5.32 Å². The van der Waals surface area contributed by atoms with E-state index in [1.807, 2.05) is 6.07 Å². The monoisotopic (exact) mass is 272 g/mol. The zero-order valence-electron chi connectivity index (χ0n) is 11.6. The van der Waals surface area contributed by atoms with E-state index in [2.05, 4.69) is 5.32 Å². The summed E-state index contributed by atoms with van der Waals surface area (Å²) >= 11 is 0. The van der Waals surface area contributed by atoms with Crippen LogP contribution in [0.2, 0.25) is 0 Å². The maximum absolute atomic E-state index is 11.8. The molecule has 0 unspecified atom stereocenters. The first-order chi connectivity index (χ1) is 9.42. The lowest BCUT2D eigenvalue weighted by molar-refractivity contribution is -0.148. The van der Waals surface area contributed by atoms with Gasteiger partial charge in [-0.3, -0.25) is 4.79 Å². The van der Waals surface area contributed by atoms with Crippen LogP contribution in [0, 0.1) is 11.3 Å². The molecule has 0 saturated carbocycles. The summed E-state index contributed by atoms with van der Waals surface area (Å²) < 4.78 is 4.96. The smallest absolute Gasteiger partial charge is 0.331 e. The average molecular weight is 272 g/mol. The number of anilines is 1. The van der Waals surface area contributed by atoms with Gasteiger partial charge >= 0.3 is 5.97 Å².